The fourth-order valence-corrected chi connectivity index (χ4v) is 2.03. The van der Waals surface area contributed by atoms with Crippen molar-refractivity contribution in [1.82, 2.24) is 0 Å². The molecule has 1 aliphatic heterocycles. The summed E-state index contributed by atoms with van der Waals surface area (Å²) in [5.74, 6) is 1.48. The van der Waals surface area contributed by atoms with Gasteiger partial charge in [0, 0.05) is 12.0 Å². The fraction of sp³-hybridized carbons (Fsp3) is 0.417. The molecule has 0 aliphatic carbocycles. The van der Waals surface area contributed by atoms with Crippen LogP contribution in [0, 0.1) is 0 Å². The zero-order valence-corrected chi connectivity index (χ0v) is 9.23. The number of hydrogen-bond acceptors (Lipinski definition) is 3. The van der Waals surface area contributed by atoms with E-state index in [-0.39, 0.29) is 11.8 Å². The van der Waals surface area contributed by atoms with Crippen LogP contribution in [0.5, 0.6) is 11.5 Å². The van der Waals surface area contributed by atoms with Crippen molar-refractivity contribution in [2.75, 3.05) is 13.7 Å². The lowest BCUT2D eigenvalue weighted by molar-refractivity contribution is -0.118. The predicted molar refractivity (Wildman–Crippen MR) is 59.7 cm³/mol. The van der Waals surface area contributed by atoms with Crippen LogP contribution in [0.25, 0.3) is 0 Å². The molecule has 4 heteroatoms. The zero-order chi connectivity index (χ0) is 11.5. The summed E-state index contributed by atoms with van der Waals surface area (Å²) in [5.41, 5.74) is 6.26. The molecule has 1 unspecified atom stereocenters. The Bertz CT molecular complexity index is 403. The molecule has 1 atom stereocenters. The first-order valence-electron chi connectivity index (χ1n) is 5.29. The number of primary amides is 1. The molecule has 2 N–H and O–H groups in total. The highest BCUT2D eigenvalue weighted by molar-refractivity contribution is 5.75. The monoisotopic (exact) mass is 221 g/mol. The van der Waals surface area contributed by atoms with E-state index in [4.69, 9.17) is 15.2 Å². The molecular weight excluding hydrogens is 206 g/mol. The summed E-state index contributed by atoms with van der Waals surface area (Å²) in [4.78, 5) is 11.0. The molecule has 16 heavy (non-hydrogen) atoms. The minimum atomic E-state index is -0.277. The van der Waals surface area contributed by atoms with Gasteiger partial charge >= 0.3 is 0 Å². The molecule has 0 spiro atoms. The lowest BCUT2D eigenvalue weighted by atomic mass is 9.90. The third-order valence-electron chi connectivity index (χ3n) is 2.83. The van der Waals surface area contributed by atoms with Crippen LogP contribution in [0.15, 0.2) is 18.2 Å². The maximum Gasteiger partial charge on any atom is 0.218 e. The summed E-state index contributed by atoms with van der Waals surface area (Å²) in [6.07, 6.45) is 1.19. The predicted octanol–water partition coefficient (Wildman–Crippen LogP) is 1.44. The number of fused-ring (bicyclic) bond motifs is 1. The van der Waals surface area contributed by atoms with Crippen molar-refractivity contribution in [3.05, 3.63) is 23.8 Å². The molecule has 0 saturated carbocycles. The maximum absolute atomic E-state index is 11.0. The molecule has 1 heterocycles. The van der Waals surface area contributed by atoms with Gasteiger partial charge in [-0.2, -0.15) is 0 Å². The molecule has 0 fully saturated rings. The molecule has 0 radical (unpaired) electrons. The third kappa shape index (κ3) is 2.10. The van der Waals surface area contributed by atoms with Crippen molar-refractivity contribution in [3.8, 4) is 11.5 Å². The lowest BCUT2D eigenvalue weighted by Gasteiger charge is -2.25. The maximum atomic E-state index is 11.0. The van der Waals surface area contributed by atoms with E-state index in [1.54, 1.807) is 7.11 Å². The largest absolute Gasteiger partial charge is 0.497 e. The van der Waals surface area contributed by atoms with E-state index in [2.05, 4.69) is 0 Å². The highest BCUT2D eigenvalue weighted by atomic mass is 16.5. The van der Waals surface area contributed by atoms with Gasteiger partial charge in [-0.15, -0.1) is 0 Å². The van der Waals surface area contributed by atoms with Crippen molar-refractivity contribution in [3.63, 3.8) is 0 Å². The van der Waals surface area contributed by atoms with Crippen LogP contribution in [0.2, 0.25) is 0 Å². The third-order valence-corrected chi connectivity index (χ3v) is 2.83. The number of carbonyl (C=O) groups excluding carboxylic acids is 1. The first kappa shape index (κ1) is 10.8. The lowest BCUT2D eigenvalue weighted by Crippen LogP contribution is -2.20. The average molecular weight is 221 g/mol. The zero-order valence-electron chi connectivity index (χ0n) is 9.23. The normalized spacial score (nSPS) is 18.4. The minimum Gasteiger partial charge on any atom is -0.497 e. The van der Waals surface area contributed by atoms with Gasteiger partial charge in [0.15, 0.2) is 0 Å². The highest BCUT2D eigenvalue weighted by Gasteiger charge is 2.23. The Morgan fingerprint density at radius 3 is 3.12 bits per heavy atom. The number of amides is 1. The van der Waals surface area contributed by atoms with Crippen LogP contribution in [-0.2, 0) is 4.79 Å². The molecule has 1 aliphatic rings. The van der Waals surface area contributed by atoms with Crippen LogP contribution in [0.4, 0.5) is 0 Å². The van der Waals surface area contributed by atoms with E-state index in [0.29, 0.717) is 13.0 Å². The minimum absolute atomic E-state index is 0.149. The summed E-state index contributed by atoms with van der Waals surface area (Å²) in [7, 11) is 1.62. The molecule has 4 nitrogen and oxygen atoms in total. The Morgan fingerprint density at radius 2 is 2.44 bits per heavy atom. The number of nitrogens with two attached hydrogens (primary N) is 1. The number of hydrogen-bond donors (Lipinski definition) is 1. The van der Waals surface area contributed by atoms with Gasteiger partial charge in [0.2, 0.25) is 5.91 Å². The SMILES string of the molecule is COc1ccc2c(c1)C(CC(N)=O)CCO2. The second-order valence-electron chi connectivity index (χ2n) is 3.91. The Kier molecular flexibility index (Phi) is 2.99. The fourth-order valence-electron chi connectivity index (χ4n) is 2.03. The summed E-state index contributed by atoms with van der Waals surface area (Å²) >= 11 is 0. The highest BCUT2D eigenvalue weighted by Crippen LogP contribution is 2.37. The van der Waals surface area contributed by atoms with Gasteiger partial charge in [-0.25, -0.2) is 0 Å². The van der Waals surface area contributed by atoms with Crippen LogP contribution in [0.1, 0.15) is 24.3 Å². The molecule has 0 saturated heterocycles. The van der Waals surface area contributed by atoms with Crippen molar-refractivity contribution < 1.29 is 14.3 Å². The topological polar surface area (TPSA) is 61.5 Å². The smallest absolute Gasteiger partial charge is 0.218 e. The van der Waals surface area contributed by atoms with Crippen LogP contribution in [-0.4, -0.2) is 19.6 Å². The van der Waals surface area contributed by atoms with E-state index < -0.39 is 0 Å². The van der Waals surface area contributed by atoms with Gasteiger partial charge in [-0.1, -0.05) is 0 Å². The van der Waals surface area contributed by atoms with E-state index >= 15 is 0 Å². The van der Waals surface area contributed by atoms with Crippen LogP contribution < -0.4 is 15.2 Å². The molecule has 0 bridgehead atoms. The van der Waals surface area contributed by atoms with Crippen molar-refractivity contribution in [2.45, 2.75) is 18.8 Å². The number of carbonyl (C=O) groups is 1. The van der Waals surface area contributed by atoms with Gasteiger partial charge in [0.05, 0.1) is 13.7 Å². The second-order valence-corrected chi connectivity index (χ2v) is 3.91. The van der Waals surface area contributed by atoms with Gasteiger partial charge in [0.1, 0.15) is 11.5 Å². The number of benzene rings is 1. The van der Waals surface area contributed by atoms with E-state index in [1.165, 1.54) is 0 Å². The molecule has 1 amide bonds. The summed E-state index contributed by atoms with van der Waals surface area (Å²) in [5, 5.41) is 0. The quantitative estimate of drug-likeness (QED) is 0.840. The molecule has 86 valence electrons. The standard InChI is InChI=1S/C12H15NO3/c1-15-9-2-3-11-10(7-9)8(4-5-16-11)6-12(13)14/h2-3,7-8H,4-6H2,1H3,(H2,13,14). The molecule has 1 aromatic carbocycles. The van der Waals surface area contributed by atoms with Gasteiger partial charge in [-0.3, -0.25) is 4.79 Å². The summed E-state index contributed by atoms with van der Waals surface area (Å²) in [6.45, 7) is 0.636. The Labute approximate surface area is 94.3 Å². The number of methoxy groups -OCH3 is 1. The first-order valence-corrected chi connectivity index (χ1v) is 5.29. The van der Waals surface area contributed by atoms with E-state index in [0.717, 1.165) is 23.5 Å². The molecule has 2 rings (SSSR count). The Balaban J connectivity index is 2.31. The average Bonchev–Trinajstić information content (AvgIpc) is 2.28. The van der Waals surface area contributed by atoms with Gasteiger partial charge in [-0.05, 0) is 30.5 Å². The van der Waals surface area contributed by atoms with Gasteiger partial charge in [0.25, 0.3) is 0 Å². The molecule has 1 aromatic rings. The molecule has 0 aromatic heterocycles. The Morgan fingerprint density at radius 1 is 1.62 bits per heavy atom. The Hall–Kier alpha value is -1.71. The number of ether oxygens (including phenoxy) is 2. The van der Waals surface area contributed by atoms with Crippen LogP contribution >= 0.6 is 0 Å². The summed E-state index contributed by atoms with van der Waals surface area (Å²) < 4.78 is 10.7. The number of rotatable bonds is 3. The van der Waals surface area contributed by atoms with Crippen molar-refractivity contribution in [2.24, 2.45) is 5.73 Å². The second kappa shape index (κ2) is 4.43. The summed E-state index contributed by atoms with van der Waals surface area (Å²) in [6, 6.07) is 5.65. The van der Waals surface area contributed by atoms with Gasteiger partial charge < -0.3 is 15.2 Å². The van der Waals surface area contributed by atoms with E-state index in [9.17, 15) is 4.79 Å². The van der Waals surface area contributed by atoms with E-state index in [1.807, 2.05) is 18.2 Å². The first-order chi connectivity index (χ1) is 7.70. The molecular formula is C12H15NO3. The van der Waals surface area contributed by atoms with Crippen molar-refractivity contribution >= 4 is 5.91 Å². The van der Waals surface area contributed by atoms with Crippen LogP contribution in [0.3, 0.4) is 0 Å². The van der Waals surface area contributed by atoms with Crippen molar-refractivity contribution in [1.29, 1.82) is 0 Å².